The number of fused-ring (bicyclic) bond motifs is 1. The molecular weight excluding hydrogens is 410 g/mol. The van der Waals surface area contributed by atoms with Crippen LogP contribution in [0.4, 0.5) is 0 Å². The molecule has 0 atom stereocenters. The molecule has 0 unspecified atom stereocenters. The quantitative estimate of drug-likeness (QED) is 0.431. The number of aromatic nitrogens is 3. The molecule has 160 valence electrons. The average molecular weight is 436 g/mol. The monoisotopic (exact) mass is 435 g/mol. The first-order valence-corrected chi connectivity index (χ1v) is 11.7. The maximum Gasteiger partial charge on any atom is 0.180 e. The maximum atomic E-state index is 12.4. The smallest absolute Gasteiger partial charge is 0.180 e. The van der Waals surface area contributed by atoms with Crippen molar-refractivity contribution in [3.63, 3.8) is 0 Å². The van der Waals surface area contributed by atoms with Gasteiger partial charge in [-0.25, -0.2) is 8.42 Å². The van der Waals surface area contributed by atoms with Crippen LogP contribution in [-0.2, 0) is 22.7 Å². The van der Waals surface area contributed by atoms with Crippen LogP contribution >= 0.6 is 0 Å². The van der Waals surface area contributed by atoms with E-state index in [0.717, 1.165) is 46.6 Å². The molecule has 0 spiro atoms. The topological polar surface area (TPSA) is 73.6 Å². The van der Waals surface area contributed by atoms with Crippen LogP contribution in [0.3, 0.4) is 0 Å². The number of rotatable bonds is 7. The highest BCUT2D eigenvalue weighted by atomic mass is 32.2. The van der Waals surface area contributed by atoms with E-state index in [-0.39, 0.29) is 0 Å². The highest BCUT2D eigenvalue weighted by molar-refractivity contribution is 7.92. The summed E-state index contributed by atoms with van der Waals surface area (Å²) >= 11 is 0. The fraction of sp³-hybridized carbons (Fsp3) is 0.250. The van der Waals surface area contributed by atoms with Gasteiger partial charge in [-0.15, -0.1) is 10.2 Å². The second-order valence-electron chi connectivity index (χ2n) is 7.69. The normalized spacial score (nSPS) is 11.9. The Morgan fingerprint density at radius 2 is 1.71 bits per heavy atom. The van der Waals surface area contributed by atoms with E-state index < -0.39 is 15.1 Å². The van der Waals surface area contributed by atoms with Crippen molar-refractivity contribution in [1.82, 2.24) is 14.6 Å². The SMILES string of the molecule is COc1ccccc1CCc1ccc(-c2ccc(S(=O)(=O)C(C)C)cc2)c2nncn12. The molecule has 4 rings (SSSR count). The minimum absolute atomic E-state index is 0.331. The molecule has 0 radical (unpaired) electrons. The second-order valence-corrected chi connectivity index (χ2v) is 10.2. The van der Waals surface area contributed by atoms with E-state index in [1.54, 1.807) is 39.4 Å². The Morgan fingerprint density at radius 3 is 2.42 bits per heavy atom. The van der Waals surface area contributed by atoms with Crippen LogP contribution in [0.5, 0.6) is 5.75 Å². The summed E-state index contributed by atoms with van der Waals surface area (Å²) in [6.07, 6.45) is 3.35. The second kappa shape index (κ2) is 8.51. The van der Waals surface area contributed by atoms with Crippen molar-refractivity contribution in [1.29, 1.82) is 0 Å². The van der Waals surface area contributed by atoms with Gasteiger partial charge in [0.05, 0.1) is 17.3 Å². The summed E-state index contributed by atoms with van der Waals surface area (Å²) in [5.74, 6) is 0.885. The maximum absolute atomic E-state index is 12.4. The number of methoxy groups -OCH3 is 1. The molecule has 0 bridgehead atoms. The van der Waals surface area contributed by atoms with Crippen LogP contribution in [0, 0.1) is 0 Å². The van der Waals surface area contributed by atoms with Gasteiger partial charge in [0.15, 0.2) is 15.5 Å². The minimum Gasteiger partial charge on any atom is -0.496 e. The van der Waals surface area contributed by atoms with Gasteiger partial charge in [-0.3, -0.25) is 4.40 Å². The van der Waals surface area contributed by atoms with Gasteiger partial charge in [0, 0.05) is 11.3 Å². The summed E-state index contributed by atoms with van der Waals surface area (Å²) in [6.45, 7) is 3.37. The van der Waals surface area contributed by atoms with Gasteiger partial charge in [0.25, 0.3) is 0 Å². The Morgan fingerprint density at radius 1 is 0.968 bits per heavy atom. The van der Waals surface area contributed by atoms with E-state index in [4.69, 9.17) is 4.74 Å². The first-order valence-electron chi connectivity index (χ1n) is 10.2. The lowest BCUT2D eigenvalue weighted by Gasteiger charge is -2.12. The summed E-state index contributed by atoms with van der Waals surface area (Å²) in [5.41, 5.74) is 4.80. The minimum atomic E-state index is -3.30. The van der Waals surface area contributed by atoms with Gasteiger partial charge < -0.3 is 4.74 Å². The third-order valence-electron chi connectivity index (χ3n) is 5.50. The summed E-state index contributed by atoms with van der Waals surface area (Å²) in [7, 11) is -1.61. The van der Waals surface area contributed by atoms with Crippen molar-refractivity contribution >= 4 is 15.5 Å². The Kier molecular flexibility index (Phi) is 5.78. The van der Waals surface area contributed by atoms with Gasteiger partial charge in [-0.05, 0) is 68.1 Å². The summed E-state index contributed by atoms with van der Waals surface area (Å²) in [4.78, 5) is 0.331. The van der Waals surface area contributed by atoms with Crippen molar-refractivity contribution in [3.8, 4) is 16.9 Å². The predicted molar refractivity (Wildman–Crippen MR) is 121 cm³/mol. The Bertz CT molecular complexity index is 1310. The lowest BCUT2D eigenvalue weighted by atomic mass is 10.0. The molecule has 0 fully saturated rings. The molecule has 31 heavy (non-hydrogen) atoms. The van der Waals surface area contributed by atoms with Crippen LogP contribution in [0.2, 0.25) is 0 Å². The summed E-state index contributed by atoms with van der Waals surface area (Å²) in [6, 6.07) is 19.1. The van der Waals surface area contributed by atoms with E-state index in [0.29, 0.717) is 4.90 Å². The van der Waals surface area contributed by atoms with E-state index in [1.807, 2.05) is 40.8 Å². The molecule has 0 saturated carbocycles. The number of pyridine rings is 1. The molecule has 0 aliphatic carbocycles. The molecular formula is C24H25N3O3S. The molecule has 7 heteroatoms. The van der Waals surface area contributed by atoms with Gasteiger partial charge in [-0.1, -0.05) is 30.3 Å². The zero-order valence-corrected chi connectivity index (χ0v) is 18.6. The van der Waals surface area contributed by atoms with Gasteiger partial charge in [-0.2, -0.15) is 0 Å². The molecule has 2 aromatic heterocycles. The van der Waals surface area contributed by atoms with Crippen LogP contribution in [0.15, 0.2) is 71.9 Å². The number of hydrogen-bond donors (Lipinski definition) is 0. The fourth-order valence-corrected chi connectivity index (χ4v) is 4.72. The van der Waals surface area contributed by atoms with Crippen LogP contribution in [0.1, 0.15) is 25.1 Å². The Hall–Kier alpha value is -3.19. The lowest BCUT2D eigenvalue weighted by Crippen LogP contribution is -2.13. The van der Waals surface area contributed by atoms with Gasteiger partial charge in [0.1, 0.15) is 12.1 Å². The van der Waals surface area contributed by atoms with E-state index in [9.17, 15) is 8.42 Å². The average Bonchev–Trinajstić information content (AvgIpc) is 3.28. The van der Waals surface area contributed by atoms with Crippen molar-refractivity contribution in [2.24, 2.45) is 0 Å². The molecule has 2 aromatic carbocycles. The molecule has 0 amide bonds. The molecule has 0 N–H and O–H groups in total. The third kappa shape index (κ3) is 4.05. The Labute approximate surface area is 182 Å². The lowest BCUT2D eigenvalue weighted by molar-refractivity contribution is 0.409. The first-order chi connectivity index (χ1) is 14.9. The number of para-hydroxylation sites is 1. The standard InChI is InChI=1S/C24H25N3O3S/c1-17(2)31(28,29)21-13-9-18(10-14-21)22-15-12-20(27-16-25-26-24(22)27)11-8-19-6-4-5-7-23(19)30-3/h4-7,9-10,12-17H,8,11H2,1-3H3. The highest BCUT2D eigenvalue weighted by Crippen LogP contribution is 2.27. The first kappa shape index (κ1) is 21.1. The fourth-order valence-electron chi connectivity index (χ4n) is 3.66. The van der Waals surface area contributed by atoms with Crippen molar-refractivity contribution in [2.45, 2.75) is 36.8 Å². The third-order valence-corrected chi connectivity index (χ3v) is 7.67. The van der Waals surface area contributed by atoms with Crippen LogP contribution in [-0.4, -0.2) is 35.4 Å². The van der Waals surface area contributed by atoms with Crippen molar-refractivity contribution < 1.29 is 13.2 Å². The van der Waals surface area contributed by atoms with Gasteiger partial charge >= 0.3 is 0 Å². The molecule has 0 aliphatic heterocycles. The molecule has 0 saturated heterocycles. The number of ether oxygens (including phenoxy) is 1. The molecule has 2 heterocycles. The number of aryl methyl sites for hydroxylation is 2. The van der Waals surface area contributed by atoms with Crippen molar-refractivity contribution in [2.75, 3.05) is 7.11 Å². The highest BCUT2D eigenvalue weighted by Gasteiger charge is 2.19. The van der Waals surface area contributed by atoms with E-state index in [2.05, 4.69) is 22.3 Å². The number of nitrogens with zero attached hydrogens (tertiary/aromatic N) is 3. The molecule has 4 aromatic rings. The number of benzene rings is 2. The number of sulfone groups is 1. The zero-order valence-electron chi connectivity index (χ0n) is 17.8. The van der Waals surface area contributed by atoms with E-state index >= 15 is 0 Å². The van der Waals surface area contributed by atoms with E-state index in [1.165, 1.54) is 0 Å². The molecule has 0 aliphatic rings. The number of hydrogen-bond acceptors (Lipinski definition) is 5. The summed E-state index contributed by atoms with van der Waals surface area (Å²) < 4.78 is 32.2. The Balaban J connectivity index is 1.64. The zero-order chi connectivity index (χ0) is 22.0. The molecule has 6 nitrogen and oxygen atoms in total. The largest absolute Gasteiger partial charge is 0.496 e. The predicted octanol–water partition coefficient (Wildman–Crippen LogP) is 4.37. The van der Waals surface area contributed by atoms with Gasteiger partial charge in [0.2, 0.25) is 0 Å². The van der Waals surface area contributed by atoms with Crippen molar-refractivity contribution in [3.05, 3.63) is 78.2 Å². The van der Waals surface area contributed by atoms with Crippen LogP contribution in [0.25, 0.3) is 16.8 Å². The summed E-state index contributed by atoms with van der Waals surface area (Å²) in [5, 5.41) is 7.97. The van der Waals surface area contributed by atoms with Crippen LogP contribution < -0.4 is 4.74 Å².